The number of ether oxygens (including phenoxy) is 3. The highest BCUT2D eigenvalue weighted by atomic mass is 32.7. The van der Waals surface area contributed by atoms with E-state index in [-0.39, 0.29) is 34.1 Å². The molecular weight excluding hydrogens is 694 g/mol. The zero-order valence-corrected chi connectivity index (χ0v) is 26.9. The molecule has 2 bridgehead atoms. The molecule has 7 rings (SSSR count). The van der Waals surface area contributed by atoms with E-state index in [4.69, 9.17) is 55.6 Å². The van der Waals surface area contributed by atoms with Gasteiger partial charge in [0.1, 0.15) is 48.5 Å². The van der Waals surface area contributed by atoms with E-state index in [0.29, 0.717) is 0 Å². The van der Waals surface area contributed by atoms with Crippen LogP contribution in [0.5, 0.6) is 0 Å². The quantitative estimate of drug-likeness (QED) is 0.113. The standard InChI is InChI=1S/C21H26N10O11P2S2/c1-36-13-8-3-38-43(34,45)41-12-7(39-19(11(12)32)30-5-26-9-15(22)24-4-25-16(9)30)2-37-44(35,46)42-14(13)20(40-8)31-6-27-10-17(31)28-21(23)29-18(10)33/h4-8,11-14,19-20,32H,2-3H2,1H3,(H,34,45)(H,35,46)(H2,22,24,25)(H3,23,28,29,33). The molecule has 4 aromatic rings. The number of fused-ring (bicyclic) bond motifs is 5. The van der Waals surface area contributed by atoms with Gasteiger partial charge >= 0.3 is 13.5 Å². The van der Waals surface area contributed by atoms with Crippen molar-refractivity contribution >= 4 is 71.7 Å². The molecule has 10 unspecified atom stereocenters. The molecule has 3 saturated heterocycles. The molecule has 46 heavy (non-hydrogen) atoms. The lowest BCUT2D eigenvalue weighted by atomic mass is 10.1. The van der Waals surface area contributed by atoms with E-state index in [1.54, 1.807) is 0 Å². The van der Waals surface area contributed by atoms with Crippen molar-refractivity contribution in [1.82, 2.24) is 39.0 Å². The Balaban J connectivity index is 1.22. The number of aliphatic hydroxyl groups is 1. The van der Waals surface area contributed by atoms with Crippen molar-refractivity contribution < 1.29 is 46.9 Å². The van der Waals surface area contributed by atoms with Gasteiger partial charge in [-0.05, 0) is 11.8 Å². The number of nitrogen functional groups attached to an aromatic ring is 2. The summed E-state index contributed by atoms with van der Waals surface area (Å²) in [5.74, 6) is -0.0855. The zero-order valence-electron chi connectivity index (χ0n) is 23.4. The fourth-order valence-electron chi connectivity index (χ4n) is 5.57. The van der Waals surface area contributed by atoms with Gasteiger partial charge in [-0.3, -0.25) is 32.5 Å². The summed E-state index contributed by atoms with van der Waals surface area (Å²) >= 11 is 9.46. The molecule has 25 heteroatoms. The summed E-state index contributed by atoms with van der Waals surface area (Å²) in [5.41, 5.74) is 11.5. The number of nitrogens with one attached hydrogen (secondary N) is 1. The average Bonchev–Trinajstić information content (AvgIpc) is 3.75. The number of nitrogens with zero attached hydrogens (tertiary/aromatic N) is 7. The van der Waals surface area contributed by atoms with E-state index in [1.165, 1.54) is 35.2 Å². The second-order valence-electron chi connectivity index (χ2n) is 10.3. The van der Waals surface area contributed by atoms with Crippen LogP contribution in [0.1, 0.15) is 12.5 Å². The summed E-state index contributed by atoms with van der Waals surface area (Å²) in [6.45, 7) is -9.39. The number of aromatic amines is 1. The number of nitrogens with two attached hydrogens (primary N) is 2. The molecule has 7 N–H and O–H groups in total. The van der Waals surface area contributed by atoms with Crippen molar-refractivity contribution in [2.45, 2.75) is 49.1 Å². The number of methoxy groups -OCH3 is 1. The van der Waals surface area contributed by atoms with Crippen LogP contribution in [-0.2, 0) is 48.7 Å². The molecule has 21 nitrogen and oxygen atoms in total. The Morgan fingerprint density at radius 1 is 1.02 bits per heavy atom. The third kappa shape index (κ3) is 5.64. The van der Waals surface area contributed by atoms with E-state index >= 15 is 0 Å². The SMILES string of the molecule is COC1C2COP(O)(=S)OC3C(COP(=O)(S)OC1C(n1cnc4c(=O)[nH]c(N)nc41)O2)OC(n1cnc2c(N)ncnc21)C3O. The second kappa shape index (κ2) is 11.8. The van der Waals surface area contributed by atoms with Crippen molar-refractivity contribution in [2.75, 3.05) is 31.8 Å². The topological polar surface area (TPSA) is 281 Å². The Kier molecular flexibility index (Phi) is 8.20. The Bertz CT molecular complexity index is 1960. The lowest BCUT2D eigenvalue weighted by Gasteiger charge is -2.27. The molecule has 248 valence electrons. The Hall–Kier alpha value is -2.63. The predicted molar refractivity (Wildman–Crippen MR) is 162 cm³/mol. The van der Waals surface area contributed by atoms with Crippen LogP contribution in [0.25, 0.3) is 22.3 Å². The Morgan fingerprint density at radius 2 is 1.72 bits per heavy atom. The summed E-state index contributed by atoms with van der Waals surface area (Å²) in [5, 5.41) is 11.3. The molecule has 7 heterocycles. The normalized spacial score (nSPS) is 37.1. The molecule has 0 aromatic carbocycles. The van der Waals surface area contributed by atoms with Crippen LogP contribution in [0.4, 0.5) is 11.8 Å². The summed E-state index contributed by atoms with van der Waals surface area (Å²) in [7, 11) is 1.34. The molecule has 4 aromatic heterocycles. The van der Waals surface area contributed by atoms with Gasteiger partial charge in [0.15, 0.2) is 35.1 Å². The number of rotatable bonds is 3. The first-order valence-electron chi connectivity index (χ1n) is 13.3. The van der Waals surface area contributed by atoms with Crippen LogP contribution in [-0.4, -0.2) is 106 Å². The maximum Gasteiger partial charge on any atom is 0.386 e. The van der Waals surface area contributed by atoms with Crippen molar-refractivity contribution in [3.63, 3.8) is 0 Å². The molecule has 0 spiro atoms. The number of hydrogen-bond donors (Lipinski definition) is 6. The van der Waals surface area contributed by atoms with Crippen LogP contribution < -0.4 is 17.0 Å². The number of aliphatic hydroxyl groups excluding tert-OH is 1. The number of aromatic nitrogens is 8. The Labute approximate surface area is 267 Å². The molecule has 3 aliphatic rings. The highest BCUT2D eigenvalue weighted by Crippen LogP contribution is 2.58. The molecule has 0 radical (unpaired) electrons. The van der Waals surface area contributed by atoms with Gasteiger partial charge in [-0.25, -0.2) is 24.5 Å². The van der Waals surface area contributed by atoms with Gasteiger partial charge in [0.2, 0.25) is 5.95 Å². The van der Waals surface area contributed by atoms with E-state index in [1.807, 2.05) is 0 Å². The van der Waals surface area contributed by atoms with Crippen molar-refractivity contribution in [2.24, 2.45) is 0 Å². The molecule has 10 atom stereocenters. The lowest BCUT2D eigenvalue weighted by molar-refractivity contribution is -0.0595. The van der Waals surface area contributed by atoms with Gasteiger partial charge < -0.3 is 40.2 Å². The van der Waals surface area contributed by atoms with Crippen LogP contribution >= 0.6 is 25.8 Å². The zero-order chi connectivity index (χ0) is 32.5. The Morgan fingerprint density at radius 3 is 2.48 bits per heavy atom. The molecule has 3 fully saturated rings. The minimum atomic E-state index is -4.30. The summed E-state index contributed by atoms with van der Waals surface area (Å²) < 4.78 is 57.2. The molecule has 3 aliphatic heterocycles. The van der Waals surface area contributed by atoms with Crippen molar-refractivity contribution in [3.05, 3.63) is 29.3 Å². The third-order valence-electron chi connectivity index (χ3n) is 7.57. The van der Waals surface area contributed by atoms with Crippen LogP contribution in [0.3, 0.4) is 0 Å². The first-order valence-corrected chi connectivity index (χ1v) is 18.6. The predicted octanol–water partition coefficient (Wildman–Crippen LogP) is -0.633. The third-order valence-corrected chi connectivity index (χ3v) is 10.7. The minimum absolute atomic E-state index is 0.0317. The largest absolute Gasteiger partial charge is 0.386 e. The monoisotopic (exact) mass is 720 g/mol. The van der Waals surface area contributed by atoms with Gasteiger partial charge in [-0.15, -0.1) is 0 Å². The van der Waals surface area contributed by atoms with E-state index < -0.39 is 81.4 Å². The highest BCUT2D eigenvalue weighted by Gasteiger charge is 2.53. The lowest BCUT2D eigenvalue weighted by Crippen LogP contribution is -2.37. The average molecular weight is 721 g/mol. The maximum atomic E-state index is 13.7. The summed E-state index contributed by atoms with van der Waals surface area (Å²) in [4.78, 5) is 46.4. The maximum absolute atomic E-state index is 13.7. The van der Waals surface area contributed by atoms with Crippen molar-refractivity contribution in [3.8, 4) is 0 Å². The molecule has 0 aliphatic carbocycles. The molecular formula is C21H26N10O11P2S2. The number of anilines is 2. The van der Waals surface area contributed by atoms with Crippen LogP contribution in [0.2, 0.25) is 0 Å². The fraction of sp³-hybridized carbons (Fsp3) is 0.524. The van der Waals surface area contributed by atoms with Gasteiger partial charge in [-0.1, -0.05) is 12.2 Å². The van der Waals surface area contributed by atoms with Gasteiger partial charge in [0.25, 0.3) is 5.56 Å². The highest BCUT2D eigenvalue weighted by molar-refractivity contribution is 8.44. The van der Waals surface area contributed by atoms with Crippen molar-refractivity contribution in [1.29, 1.82) is 0 Å². The van der Waals surface area contributed by atoms with E-state index in [0.717, 1.165) is 0 Å². The molecule has 0 saturated carbocycles. The minimum Gasteiger partial charge on any atom is -0.386 e. The van der Waals surface area contributed by atoms with E-state index in [9.17, 15) is 19.4 Å². The number of imidazole rings is 2. The summed E-state index contributed by atoms with van der Waals surface area (Å²) in [6.07, 6.45) is -5.91. The van der Waals surface area contributed by atoms with E-state index in [2.05, 4.69) is 42.2 Å². The first kappa shape index (κ1) is 31.9. The van der Waals surface area contributed by atoms with Crippen LogP contribution in [0.15, 0.2) is 23.8 Å². The van der Waals surface area contributed by atoms with Crippen LogP contribution in [0, 0.1) is 0 Å². The summed E-state index contributed by atoms with van der Waals surface area (Å²) in [6, 6.07) is 0. The van der Waals surface area contributed by atoms with Gasteiger partial charge in [0.05, 0.1) is 25.9 Å². The smallest absolute Gasteiger partial charge is 0.386 e. The first-order chi connectivity index (χ1) is 21.9. The molecule has 0 amide bonds. The second-order valence-corrected chi connectivity index (χ2v) is 16.0. The number of hydrogen-bond acceptors (Lipinski definition) is 18. The van der Waals surface area contributed by atoms with Gasteiger partial charge in [-0.2, -0.15) is 4.98 Å². The number of thiol groups is 1. The fourth-order valence-corrected chi connectivity index (χ4v) is 8.47. The number of H-pyrrole nitrogens is 1. The van der Waals surface area contributed by atoms with Gasteiger partial charge in [0, 0.05) is 7.11 Å².